The first kappa shape index (κ1) is 13.3. The van der Waals surface area contributed by atoms with Crippen LogP contribution in [0.25, 0.3) is 0 Å². The summed E-state index contributed by atoms with van der Waals surface area (Å²) in [6, 6.07) is 4.88. The highest BCUT2D eigenvalue weighted by Crippen LogP contribution is 2.24. The molecule has 1 unspecified atom stereocenters. The standard InChI is InChI=1S/C14H21N3S/c1-4-13(15)14-8-16-9-17(14)10(2)7-12-6-5-11(3)18-12/h5-6,8-10,13H,4,7,15H2,1-3H3/t10?,13-/m1/s1. The van der Waals surface area contributed by atoms with Crippen molar-refractivity contribution in [2.24, 2.45) is 5.73 Å². The summed E-state index contributed by atoms with van der Waals surface area (Å²) in [5.74, 6) is 0. The third-order valence-corrected chi connectivity index (χ3v) is 4.31. The van der Waals surface area contributed by atoms with Gasteiger partial charge in [-0.05, 0) is 32.4 Å². The molecule has 2 atom stereocenters. The van der Waals surface area contributed by atoms with Gasteiger partial charge in [-0.2, -0.15) is 0 Å². The molecule has 0 amide bonds. The highest BCUT2D eigenvalue weighted by atomic mass is 32.1. The number of nitrogens with two attached hydrogens (primary N) is 1. The van der Waals surface area contributed by atoms with Gasteiger partial charge in [-0.25, -0.2) is 4.98 Å². The molecule has 0 radical (unpaired) electrons. The van der Waals surface area contributed by atoms with Gasteiger partial charge >= 0.3 is 0 Å². The largest absolute Gasteiger partial charge is 0.330 e. The van der Waals surface area contributed by atoms with Crippen molar-refractivity contribution in [2.75, 3.05) is 0 Å². The quantitative estimate of drug-likeness (QED) is 0.897. The van der Waals surface area contributed by atoms with Crippen LogP contribution in [0.4, 0.5) is 0 Å². The maximum atomic E-state index is 6.12. The predicted molar refractivity (Wildman–Crippen MR) is 76.9 cm³/mol. The fourth-order valence-electron chi connectivity index (χ4n) is 2.16. The summed E-state index contributed by atoms with van der Waals surface area (Å²) in [5, 5.41) is 0. The summed E-state index contributed by atoms with van der Waals surface area (Å²) in [6.07, 6.45) is 5.77. The summed E-state index contributed by atoms with van der Waals surface area (Å²) in [6.45, 7) is 6.48. The molecule has 98 valence electrons. The molecule has 3 nitrogen and oxygen atoms in total. The molecule has 2 aromatic heterocycles. The van der Waals surface area contributed by atoms with E-state index in [1.54, 1.807) is 0 Å². The maximum absolute atomic E-state index is 6.12. The molecule has 0 aliphatic carbocycles. The van der Waals surface area contributed by atoms with Gasteiger partial charge in [0.15, 0.2) is 0 Å². The minimum absolute atomic E-state index is 0.0834. The van der Waals surface area contributed by atoms with E-state index < -0.39 is 0 Å². The number of nitrogens with zero attached hydrogens (tertiary/aromatic N) is 2. The average Bonchev–Trinajstić information content (AvgIpc) is 2.97. The van der Waals surface area contributed by atoms with Crippen LogP contribution in [0.3, 0.4) is 0 Å². The van der Waals surface area contributed by atoms with E-state index in [1.165, 1.54) is 9.75 Å². The lowest BCUT2D eigenvalue weighted by Gasteiger charge is -2.18. The number of aryl methyl sites for hydroxylation is 1. The Bertz CT molecular complexity index is 501. The lowest BCUT2D eigenvalue weighted by Crippen LogP contribution is -2.17. The van der Waals surface area contributed by atoms with Crippen LogP contribution in [0.2, 0.25) is 0 Å². The monoisotopic (exact) mass is 263 g/mol. The third-order valence-electron chi connectivity index (χ3n) is 3.28. The topological polar surface area (TPSA) is 43.8 Å². The number of rotatable bonds is 5. The van der Waals surface area contributed by atoms with Gasteiger partial charge in [0.25, 0.3) is 0 Å². The Labute approximate surface area is 113 Å². The van der Waals surface area contributed by atoms with Crippen molar-refractivity contribution in [1.29, 1.82) is 0 Å². The van der Waals surface area contributed by atoms with E-state index in [0.717, 1.165) is 18.5 Å². The van der Waals surface area contributed by atoms with Crippen molar-refractivity contribution in [1.82, 2.24) is 9.55 Å². The van der Waals surface area contributed by atoms with Gasteiger partial charge in [0.1, 0.15) is 0 Å². The molecule has 2 rings (SSSR count). The van der Waals surface area contributed by atoms with Crippen LogP contribution in [0, 0.1) is 6.92 Å². The fourth-order valence-corrected chi connectivity index (χ4v) is 3.17. The van der Waals surface area contributed by atoms with Gasteiger partial charge in [-0.3, -0.25) is 0 Å². The zero-order chi connectivity index (χ0) is 13.1. The molecule has 0 saturated carbocycles. The second-order valence-electron chi connectivity index (χ2n) is 4.81. The van der Waals surface area contributed by atoms with Crippen molar-refractivity contribution in [3.63, 3.8) is 0 Å². The Morgan fingerprint density at radius 3 is 2.83 bits per heavy atom. The van der Waals surface area contributed by atoms with Crippen LogP contribution in [0.15, 0.2) is 24.7 Å². The number of hydrogen-bond acceptors (Lipinski definition) is 3. The highest BCUT2D eigenvalue weighted by Gasteiger charge is 2.15. The van der Waals surface area contributed by atoms with Crippen molar-refractivity contribution in [3.8, 4) is 0 Å². The second kappa shape index (κ2) is 5.67. The van der Waals surface area contributed by atoms with E-state index in [2.05, 4.69) is 42.5 Å². The Morgan fingerprint density at radius 2 is 2.22 bits per heavy atom. The van der Waals surface area contributed by atoms with Gasteiger partial charge in [-0.1, -0.05) is 6.92 Å². The van der Waals surface area contributed by atoms with E-state index in [-0.39, 0.29) is 6.04 Å². The molecular weight excluding hydrogens is 242 g/mol. The molecule has 2 N–H and O–H groups in total. The Morgan fingerprint density at radius 1 is 1.44 bits per heavy atom. The van der Waals surface area contributed by atoms with Crippen LogP contribution in [-0.4, -0.2) is 9.55 Å². The molecule has 2 aromatic rings. The fraction of sp³-hybridized carbons (Fsp3) is 0.500. The van der Waals surface area contributed by atoms with Crippen molar-refractivity contribution >= 4 is 11.3 Å². The zero-order valence-corrected chi connectivity index (χ0v) is 12.1. The molecule has 4 heteroatoms. The first-order valence-electron chi connectivity index (χ1n) is 6.44. The Hall–Kier alpha value is -1.13. The highest BCUT2D eigenvalue weighted by molar-refractivity contribution is 7.11. The first-order valence-corrected chi connectivity index (χ1v) is 7.26. The summed E-state index contributed by atoms with van der Waals surface area (Å²) >= 11 is 1.87. The van der Waals surface area contributed by atoms with E-state index >= 15 is 0 Å². The predicted octanol–water partition coefficient (Wildman–Crippen LogP) is 3.47. The molecule has 0 fully saturated rings. The minimum atomic E-state index is 0.0834. The minimum Gasteiger partial charge on any atom is -0.330 e. The lowest BCUT2D eigenvalue weighted by atomic mass is 10.1. The smallest absolute Gasteiger partial charge is 0.0951 e. The summed E-state index contributed by atoms with van der Waals surface area (Å²) < 4.78 is 2.21. The number of thiophene rings is 1. The number of imidazole rings is 1. The summed E-state index contributed by atoms with van der Waals surface area (Å²) in [5.41, 5.74) is 7.25. The third kappa shape index (κ3) is 2.82. The molecule has 0 aliphatic rings. The lowest BCUT2D eigenvalue weighted by molar-refractivity contribution is 0.501. The Balaban J connectivity index is 2.13. The van der Waals surface area contributed by atoms with E-state index in [9.17, 15) is 0 Å². The SMILES string of the molecule is CC[C@@H](N)c1cncn1C(C)Cc1ccc(C)s1. The van der Waals surface area contributed by atoms with E-state index in [1.807, 2.05) is 23.9 Å². The summed E-state index contributed by atoms with van der Waals surface area (Å²) in [4.78, 5) is 7.04. The van der Waals surface area contributed by atoms with Crippen LogP contribution < -0.4 is 5.73 Å². The first-order chi connectivity index (χ1) is 8.61. The number of aromatic nitrogens is 2. The van der Waals surface area contributed by atoms with Crippen LogP contribution in [0.1, 0.15) is 47.8 Å². The molecule has 0 aromatic carbocycles. The summed E-state index contributed by atoms with van der Waals surface area (Å²) in [7, 11) is 0. The van der Waals surface area contributed by atoms with Gasteiger partial charge in [0, 0.05) is 34.5 Å². The second-order valence-corrected chi connectivity index (χ2v) is 6.18. The van der Waals surface area contributed by atoms with E-state index in [4.69, 9.17) is 5.73 Å². The Kier molecular flexibility index (Phi) is 4.19. The normalized spacial score (nSPS) is 14.7. The molecule has 0 spiro atoms. The average molecular weight is 263 g/mol. The van der Waals surface area contributed by atoms with Crippen molar-refractivity contribution in [3.05, 3.63) is 40.1 Å². The van der Waals surface area contributed by atoms with Crippen molar-refractivity contribution < 1.29 is 0 Å². The molecule has 18 heavy (non-hydrogen) atoms. The van der Waals surface area contributed by atoms with Gasteiger partial charge in [-0.15, -0.1) is 11.3 Å². The van der Waals surface area contributed by atoms with Gasteiger partial charge in [0.05, 0.1) is 12.0 Å². The van der Waals surface area contributed by atoms with E-state index in [0.29, 0.717) is 6.04 Å². The molecule has 0 saturated heterocycles. The van der Waals surface area contributed by atoms with Gasteiger partial charge < -0.3 is 10.3 Å². The van der Waals surface area contributed by atoms with Crippen LogP contribution >= 0.6 is 11.3 Å². The molecule has 0 bridgehead atoms. The number of hydrogen-bond donors (Lipinski definition) is 1. The van der Waals surface area contributed by atoms with Crippen molar-refractivity contribution in [2.45, 2.75) is 45.7 Å². The maximum Gasteiger partial charge on any atom is 0.0951 e. The molecule has 2 heterocycles. The van der Waals surface area contributed by atoms with Crippen LogP contribution in [0.5, 0.6) is 0 Å². The molecular formula is C14H21N3S. The molecule has 0 aliphatic heterocycles. The zero-order valence-electron chi connectivity index (χ0n) is 11.3. The van der Waals surface area contributed by atoms with Crippen LogP contribution in [-0.2, 0) is 6.42 Å². The van der Waals surface area contributed by atoms with Gasteiger partial charge in [0.2, 0.25) is 0 Å².